The van der Waals surface area contributed by atoms with Gasteiger partial charge in [-0.2, -0.15) is 0 Å². The number of aromatic amines is 1. The standard InChI is InChI=1S/C36H53N9O5/c37-36(38)40-18-8-14-27-32(47)39-17-7-6-16-31(46)45-19-9-15-30(45)35(50)44-28(20-23-10-2-1-3-11-23)33(48)43-29(34(49)42-27)21-24-22-41-26-13-5-4-12-25(24)26/h4-5,12-13,22-23,27-30,41H,1-3,6-11,14-21H2,(H,39,47)(H,42,49)(H,43,48)(H,44,50)(H4,37,38,40)/t27-,28+,29-,30-/m0/s1. The van der Waals surface area contributed by atoms with Gasteiger partial charge in [-0.1, -0.05) is 50.3 Å². The number of hydrogen-bond acceptors (Lipinski definition) is 6. The van der Waals surface area contributed by atoms with Crippen LogP contribution < -0.4 is 32.3 Å². The first kappa shape index (κ1) is 36.7. The van der Waals surface area contributed by atoms with Crippen LogP contribution in [-0.2, 0) is 30.4 Å². The minimum Gasteiger partial charge on any atom is -0.370 e. The molecule has 5 rings (SSSR count). The first-order valence-electron chi connectivity index (χ1n) is 18.3. The monoisotopic (exact) mass is 691 g/mol. The zero-order valence-corrected chi connectivity index (χ0v) is 28.9. The minimum atomic E-state index is -1.05. The molecule has 14 heteroatoms. The molecule has 3 heterocycles. The summed E-state index contributed by atoms with van der Waals surface area (Å²) in [6, 6.07) is 4.19. The number of nitrogens with one attached hydrogen (secondary N) is 7. The Labute approximate surface area is 293 Å². The Morgan fingerprint density at radius 1 is 0.840 bits per heavy atom. The van der Waals surface area contributed by atoms with Crippen molar-refractivity contribution in [2.75, 3.05) is 19.6 Å². The number of aromatic nitrogens is 1. The van der Waals surface area contributed by atoms with Crippen molar-refractivity contribution in [1.82, 2.24) is 36.5 Å². The average molecular weight is 692 g/mol. The van der Waals surface area contributed by atoms with Gasteiger partial charge < -0.3 is 42.2 Å². The van der Waals surface area contributed by atoms with Crippen molar-refractivity contribution in [2.45, 2.75) is 114 Å². The number of nitrogens with zero attached hydrogens (tertiary/aromatic N) is 1. The molecule has 3 fully saturated rings. The van der Waals surface area contributed by atoms with Crippen molar-refractivity contribution < 1.29 is 24.0 Å². The Morgan fingerprint density at radius 3 is 2.38 bits per heavy atom. The van der Waals surface area contributed by atoms with Crippen molar-refractivity contribution in [3.8, 4) is 0 Å². The average Bonchev–Trinajstić information content (AvgIpc) is 3.76. The quantitative estimate of drug-likeness (QED) is 0.116. The fourth-order valence-electron chi connectivity index (χ4n) is 7.55. The van der Waals surface area contributed by atoms with Crippen molar-refractivity contribution in [3.05, 3.63) is 36.0 Å². The third-order valence-electron chi connectivity index (χ3n) is 10.3. The molecule has 14 nitrogen and oxygen atoms in total. The van der Waals surface area contributed by atoms with E-state index in [-0.39, 0.29) is 48.9 Å². The number of fused-ring (bicyclic) bond motifs is 2. The Bertz CT molecular complexity index is 1520. The van der Waals surface area contributed by atoms with Crippen LogP contribution in [0.15, 0.2) is 30.5 Å². The normalized spacial score (nSPS) is 25.1. The van der Waals surface area contributed by atoms with Crippen molar-refractivity contribution in [3.63, 3.8) is 0 Å². The van der Waals surface area contributed by atoms with E-state index in [1.54, 1.807) is 4.90 Å². The summed E-state index contributed by atoms with van der Waals surface area (Å²) in [5.74, 6) is -1.73. The van der Waals surface area contributed by atoms with Crippen molar-refractivity contribution in [2.24, 2.45) is 11.7 Å². The van der Waals surface area contributed by atoms with Crippen molar-refractivity contribution in [1.29, 1.82) is 5.41 Å². The maximum atomic E-state index is 14.2. The molecule has 0 spiro atoms. The number of hydrogen-bond donors (Lipinski definition) is 8. The van der Waals surface area contributed by atoms with Crippen LogP contribution in [0.2, 0.25) is 0 Å². The van der Waals surface area contributed by atoms with Crippen LogP contribution >= 0.6 is 0 Å². The number of guanidine groups is 1. The Balaban J connectivity index is 1.44. The molecule has 1 aromatic heterocycles. The second-order valence-electron chi connectivity index (χ2n) is 14.0. The molecule has 0 unspecified atom stereocenters. The molecular weight excluding hydrogens is 638 g/mol. The summed E-state index contributed by atoms with van der Waals surface area (Å²) in [6.07, 6.45) is 10.9. The number of rotatable bonds is 8. The molecule has 0 bridgehead atoms. The van der Waals surface area contributed by atoms with Crippen LogP contribution in [-0.4, -0.2) is 89.2 Å². The fraction of sp³-hybridized carbons (Fsp3) is 0.611. The molecule has 1 saturated carbocycles. The van der Waals surface area contributed by atoms with Crippen molar-refractivity contribution >= 4 is 46.4 Å². The van der Waals surface area contributed by atoms with E-state index in [2.05, 4.69) is 31.6 Å². The van der Waals surface area contributed by atoms with Gasteiger partial charge in [0.1, 0.15) is 24.2 Å². The Hall–Kier alpha value is -4.62. The van der Waals surface area contributed by atoms with Gasteiger partial charge in [0.25, 0.3) is 0 Å². The lowest BCUT2D eigenvalue weighted by molar-refractivity contribution is -0.140. The third kappa shape index (κ3) is 9.97. The molecule has 9 N–H and O–H groups in total. The van der Waals surface area contributed by atoms with E-state index < -0.39 is 36.0 Å². The number of carbonyl (C=O) groups excluding carboxylic acids is 5. The highest BCUT2D eigenvalue weighted by Gasteiger charge is 2.37. The van der Waals surface area contributed by atoms with Gasteiger partial charge in [-0.15, -0.1) is 0 Å². The maximum absolute atomic E-state index is 14.2. The highest BCUT2D eigenvalue weighted by molar-refractivity contribution is 5.96. The van der Waals surface area contributed by atoms with Crippen LogP contribution in [0.5, 0.6) is 0 Å². The van der Waals surface area contributed by atoms with Gasteiger partial charge in [0.2, 0.25) is 29.5 Å². The molecule has 5 amide bonds. The van der Waals surface area contributed by atoms with Gasteiger partial charge >= 0.3 is 0 Å². The number of benzene rings is 1. The smallest absolute Gasteiger partial charge is 0.243 e. The lowest BCUT2D eigenvalue weighted by Crippen LogP contribution is -2.59. The topological polar surface area (TPSA) is 214 Å². The molecule has 2 aromatic rings. The van der Waals surface area contributed by atoms with E-state index in [1.807, 2.05) is 30.5 Å². The van der Waals surface area contributed by atoms with Crippen LogP contribution in [0.1, 0.15) is 89.0 Å². The number of H-pyrrole nitrogens is 1. The predicted molar refractivity (Wildman–Crippen MR) is 190 cm³/mol. The molecule has 1 aromatic carbocycles. The number of carbonyl (C=O) groups is 5. The van der Waals surface area contributed by atoms with E-state index in [9.17, 15) is 24.0 Å². The van der Waals surface area contributed by atoms with Crippen LogP contribution in [0.25, 0.3) is 10.9 Å². The minimum absolute atomic E-state index is 0.106. The van der Waals surface area contributed by atoms with Crippen LogP contribution in [0.3, 0.4) is 0 Å². The van der Waals surface area contributed by atoms with E-state index in [0.717, 1.165) is 48.6 Å². The van der Waals surface area contributed by atoms with Gasteiger partial charge in [0.15, 0.2) is 5.96 Å². The first-order chi connectivity index (χ1) is 24.2. The summed E-state index contributed by atoms with van der Waals surface area (Å²) in [7, 11) is 0. The SMILES string of the molecule is N=C(N)NCCC[C@@H]1NC(=O)[C@H](Cc2c[nH]c3ccccc23)NC(=O)[C@@H](CC2CCCCC2)NC(=O)[C@@H]2CCCN2C(=O)CCCCNC1=O. The van der Waals surface area contributed by atoms with Gasteiger partial charge in [0, 0.05) is 49.6 Å². The molecular formula is C36H53N9O5. The molecule has 50 heavy (non-hydrogen) atoms. The molecule has 4 atom stereocenters. The van der Waals surface area contributed by atoms with Crippen LogP contribution in [0, 0.1) is 11.3 Å². The van der Waals surface area contributed by atoms with E-state index >= 15 is 0 Å². The second-order valence-corrected chi connectivity index (χ2v) is 14.0. The largest absolute Gasteiger partial charge is 0.370 e. The van der Waals surface area contributed by atoms with Gasteiger partial charge in [-0.05, 0) is 62.5 Å². The van der Waals surface area contributed by atoms with Gasteiger partial charge in [0.05, 0.1) is 0 Å². The summed E-state index contributed by atoms with van der Waals surface area (Å²) in [5.41, 5.74) is 7.14. The van der Waals surface area contributed by atoms with E-state index in [4.69, 9.17) is 11.1 Å². The molecule has 0 radical (unpaired) electrons. The highest BCUT2D eigenvalue weighted by Crippen LogP contribution is 2.28. The zero-order chi connectivity index (χ0) is 35.5. The second kappa shape index (κ2) is 17.9. The molecule has 3 aliphatic rings. The van der Waals surface area contributed by atoms with E-state index in [0.29, 0.717) is 58.2 Å². The zero-order valence-electron chi connectivity index (χ0n) is 28.9. The molecule has 2 aliphatic heterocycles. The van der Waals surface area contributed by atoms with E-state index in [1.165, 1.54) is 0 Å². The first-order valence-corrected chi connectivity index (χ1v) is 18.3. The number of amides is 5. The summed E-state index contributed by atoms with van der Waals surface area (Å²) < 4.78 is 0. The predicted octanol–water partition coefficient (Wildman–Crippen LogP) is 1.69. The fourth-order valence-corrected chi connectivity index (χ4v) is 7.55. The Morgan fingerprint density at radius 2 is 1.58 bits per heavy atom. The number of nitrogens with two attached hydrogens (primary N) is 1. The lowest BCUT2D eigenvalue weighted by atomic mass is 9.84. The molecule has 272 valence electrons. The van der Waals surface area contributed by atoms with Gasteiger partial charge in [-0.3, -0.25) is 29.4 Å². The van der Waals surface area contributed by atoms with Crippen LogP contribution in [0.4, 0.5) is 0 Å². The molecule has 1 aliphatic carbocycles. The molecule has 2 saturated heterocycles. The number of para-hydroxylation sites is 1. The summed E-state index contributed by atoms with van der Waals surface area (Å²) in [5, 5.41) is 22.9. The lowest BCUT2D eigenvalue weighted by Gasteiger charge is -2.31. The summed E-state index contributed by atoms with van der Waals surface area (Å²) in [6.45, 7) is 1.14. The van der Waals surface area contributed by atoms with Gasteiger partial charge in [-0.25, -0.2) is 0 Å². The highest BCUT2D eigenvalue weighted by atomic mass is 16.2. The summed E-state index contributed by atoms with van der Waals surface area (Å²) in [4.78, 5) is 73.7. The Kier molecular flexibility index (Phi) is 13.1. The maximum Gasteiger partial charge on any atom is 0.243 e. The third-order valence-corrected chi connectivity index (χ3v) is 10.3. The summed E-state index contributed by atoms with van der Waals surface area (Å²) >= 11 is 0.